The van der Waals surface area contributed by atoms with E-state index in [2.05, 4.69) is 9.88 Å². The van der Waals surface area contributed by atoms with E-state index in [1.807, 2.05) is 28.8 Å². The molecule has 4 rings (SSSR count). The van der Waals surface area contributed by atoms with Crippen molar-refractivity contribution < 1.29 is 14.6 Å². The third kappa shape index (κ3) is 4.31. The lowest BCUT2D eigenvalue weighted by atomic mass is 10.0. The number of hydrogen-bond acceptors (Lipinski definition) is 5. The van der Waals surface area contributed by atoms with Crippen LogP contribution in [0.5, 0.6) is 0 Å². The summed E-state index contributed by atoms with van der Waals surface area (Å²) < 4.78 is 7.63. The highest BCUT2D eigenvalue weighted by Gasteiger charge is 2.36. The maximum Gasteiger partial charge on any atom is 0.224 e. The second-order valence-electron chi connectivity index (χ2n) is 7.75. The van der Waals surface area contributed by atoms with E-state index in [-0.39, 0.29) is 5.91 Å². The number of β-amino-alcohol motifs (C(OH)–C–C–N with tert-alkyl or cyclic N) is 1. The van der Waals surface area contributed by atoms with Gasteiger partial charge in [-0.15, -0.1) is 0 Å². The molecule has 3 heterocycles. The van der Waals surface area contributed by atoms with Crippen LogP contribution in [0.2, 0.25) is 0 Å². The molecule has 146 valence electrons. The molecule has 2 aromatic rings. The minimum Gasteiger partial charge on any atom is -0.384 e. The van der Waals surface area contributed by atoms with Crippen LogP contribution in [0.25, 0.3) is 11.0 Å². The van der Waals surface area contributed by atoms with E-state index < -0.39 is 5.60 Å². The average Bonchev–Trinajstić information content (AvgIpc) is 3.27. The van der Waals surface area contributed by atoms with Crippen LogP contribution < -0.4 is 0 Å². The molecule has 0 unspecified atom stereocenters. The van der Waals surface area contributed by atoms with Gasteiger partial charge in [0.15, 0.2) is 0 Å². The summed E-state index contributed by atoms with van der Waals surface area (Å²) in [5, 5.41) is 11.0. The zero-order valence-electron chi connectivity index (χ0n) is 15.7. The minimum absolute atomic E-state index is 0.0538. The summed E-state index contributed by atoms with van der Waals surface area (Å²) in [5.41, 5.74) is 0.987. The van der Waals surface area contributed by atoms with Gasteiger partial charge in [-0.05, 0) is 38.1 Å². The van der Waals surface area contributed by atoms with Crippen LogP contribution in [0.15, 0.2) is 30.6 Å². The first-order valence-corrected chi connectivity index (χ1v) is 9.83. The molecule has 1 aromatic heterocycles. The fourth-order valence-corrected chi connectivity index (χ4v) is 4.15. The van der Waals surface area contributed by atoms with Crippen molar-refractivity contribution in [2.75, 3.05) is 45.9 Å². The summed E-state index contributed by atoms with van der Waals surface area (Å²) >= 11 is 0. The Morgan fingerprint density at radius 2 is 2.04 bits per heavy atom. The second-order valence-corrected chi connectivity index (χ2v) is 7.75. The molecule has 7 heteroatoms. The molecular weight excluding hydrogens is 344 g/mol. The van der Waals surface area contributed by atoms with Crippen molar-refractivity contribution in [1.29, 1.82) is 0 Å². The van der Waals surface area contributed by atoms with Crippen LogP contribution in [-0.4, -0.2) is 81.9 Å². The van der Waals surface area contributed by atoms with Crippen molar-refractivity contribution in [2.45, 2.75) is 31.4 Å². The molecule has 1 aromatic carbocycles. The predicted molar refractivity (Wildman–Crippen MR) is 102 cm³/mol. The molecule has 2 saturated heterocycles. The quantitative estimate of drug-likeness (QED) is 0.851. The number of hydrogen-bond donors (Lipinski definition) is 1. The number of likely N-dealkylation sites (tertiary alicyclic amines) is 1. The van der Waals surface area contributed by atoms with Gasteiger partial charge in [0.1, 0.15) is 5.60 Å². The molecule has 0 saturated carbocycles. The first-order valence-electron chi connectivity index (χ1n) is 9.83. The Labute approximate surface area is 159 Å². The molecule has 7 nitrogen and oxygen atoms in total. The molecule has 0 spiro atoms. The molecule has 0 aliphatic carbocycles. The molecule has 1 amide bonds. The first-order chi connectivity index (χ1) is 13.1. The average molecular weight is 372 g/mol. The largest absolute Gasteiger partial charge is 0.384 e. The summed E-state index contributed by atoms with van der Waals surface area (Å²) in [4.78, 5) is 21.2. The van der Waals surface area contributed by atoms with Crippen molar-refractivity contribution >= 4 is 16.9 Å². The lowest BCUT2D eigenvalue weighted by Crippen LogP contribution is -2.53. The number of aromatic nitrogens is 2. The first kappa shape index (κ1) is 18.4. The molecule has 0 bridgehead atoms. The van der Waals surface area contributed by atoms with E-state index in [1.165, 1.54) is 12.8 Å². The van der Waals surface area contributed by atoms with Gasteiger partial charge in [0.05, 0.1) is 37.1 Å². The summed E-state index contributed by atoms with van der Waals surface area (Å²) in [5.74, 6) is 0.0538. The molecule has 2 aliphatic heterocycles. The van der Waals surface area contributed by atoms with Crippen molar-refractivity contribution in [3.05, 3.63) is 30.6 Å². The number of fused-ring (bicyclic) bond motifs is 1. The molecule has 2 aliphatic rings. The van der Waals surface area contributed by atoms with Crippen molar-refractivity contribution in [3.63, 3.8) is 0 Å². The van der Waals surface area contributed by atoms with Gasteiger partial charge >= 0.3 is 0 Å². The normalized spacial score (nSPS) is 24.4. The zero-order valence-corrected chi connectivity index (χ0v) is 15.7. The molecule has 1 N–H and O–H groups in total. The van der Waals surface area contributed by atoms with Crippen LogP contribution in [-0.2, 0) is 16.1 Å². The van der Waals surface area contributed by atoms with Gasteiger partial charge in [-0.1, -0.05) is 12.1 Å². The lowest BCUT2D eigenvalue weighted by Gasteiger charge is -2.34. The number of carbonyl (C=O) groups is 1. The summed E-state index contributed by atoms with van der Waals surface area (Å²) in [6.45, 7) is 4.83. The van der Waals surface area contributed by atoms with Gasteiger partial charge in [-0.3, -0.25) is 4.79 Å². The van der Waals surface area contributed by atoms with E-state index in [0.717, 1.165) is 24.1 Å². The van der Waals surface area contributed by atoms with Crippen molar-refractivity contribution in [3.8, 4) is 0 Å². The topological polar surface area (TPSA) is 70.8 Å². The van der Waals surface area contributed by atoms with Crippen molar-refractivity contribution in [2.24, 2.45) is 0 Å². The number of carbonyl (C=O) groups excluding carboxylic acids is 1. The number of aliphatic hydroxyl groups is 1. The number of benzene rings is 1. The van der Waals surface area contributed by atoms with E-state index in [4.69, 9.17) is 4.74 Å². The zero-order chi connectivity index (χ0) is 18.7. The van der Waals surface area contributed by atoms with E-state index in [9.17, 15) is 9.90 Å². The van der Waals surface area contributed by atoms with Gasteiger partial charge in [-0.2, -0.15) is 0 Å². The van der Waals surface area contributed by atoms with Crippen LogP contribution in [0, 0.1) is 0 Å². The van der Waals surface area contributed by atoms with Gasteiger partial charge < -0.3 is 24.2 Å². The number of nitrogens with zero attached hydrogens (tertiary/aromatic N) is 4. The highest BCUT2D eigenvalue weighted by atomic mass is 16.5. The SMILES string of the molecule is O=C(CCn1cnc2ccccc21)N1CCOC[C@](O)(CN2CCCC2)C1. The molecule has 27 heavy (non-hydrogen) atoms. The number of para-hydroxylation sites is 2. The smallest absolute Gasteiger partial charge is 0.224 e. The third-order valence-corrected chi connectivity index (χ3v) is 5.52. The molecule has 0 radical (unpaired) electrons. The second kappa shape index (κ2) is 7.96. The number of imidazole rings is 1. The Kier molecular flexibility index (Phi) is 5.43. The fourth-order valence-electron chi connectivity index (χ4n) is 4.15. The number of rotatable bonds is 5. The Morgan fingerprint density at radius 3 is 2.89 bits per heavy atom. The number of aryl methyl sites for hydroxylation is 1. The maximum absolute atomic E-state index is 12.8. The maximum atomic E-state index is 12.8. The summed E-state index contributed by atoms with van der Waals surface area (Å²) in [7, 11) is 0. The van der Waals surface area contributed by atoms with E-state index in [1.54, 1.807) is 11.2 Å². The Balaban J connectivity index is 1.38. The van der Waals surface area contributed by atoms with Crippen LogP contribution in [0.1, 0.15) is 19.3 Å². The van der Waals surface area contributed by atoms with Crippen molar-refractivity contribution in [1.82, 2.24) is 19.4 Å². The summed E-state index contributed by atoms with van der Waals surface area (Å²) in [6.07, 6.45) is 4.53. The van der Waals surface area contributed by atoms with Crippen LogP contribution >= 0.6 is 0 Å². The predicted octanol–water partition coefficient (Wildman–Crippen LogP) is 1.11. The van der Waals surface area contributed by atoms with Gasteiger partial charge in [-0.25, -0.2) is 4.98 Å². The number of amides is 1. The Bertz CT molecular complexity index is 786. The highest BCUT2D eigenvalue weighted by Crippen LogP contribution is 2.19. The van der Waals surface area contributed by atoms with E-state index >= 15 is 0 Å². The lowest BCUT2D eigenvalue weighted by molar-refractivity contribution is -0.134. The van der Waals surface area contributed by atoms with Gasteiger partial charge in [0, 0.05) is 26.1 Å². The standard InChI is InChI=1S/C20H28N4O3/c25-19(7-10-24-16-21-17-5-1-2-6-18(17)24)23-11-12-27-15-20(26,14-23)13-22-8-3-4-9-22/h1-2,5-6,16,26H,3-4,7-15H2/t20-/m0/s1. The van der Waals surface area contributed by atoms with Gasteiger partial charge in [0.2, 0.25) is 5.91 Å². The fraction of sp³-hybridized carbons (Fsp3) is 0.600. The number of ether oxygens (including phenoxy) is 1. The van der Waals surface area contributed by atoms with E-state index in [0.29, 0.717) is 45.8 Å². The summed E-state index contributed by atoms with van der Waals surface area (Å²) in [6, 6.07) is 7.93. The molecule has 2 fully saturated rings. The van der Waals surface area contributed by atoms with Crippen LogP contribution in [0.3, 0.4) is 0 Å². The highest BCUT2D eigenvalue weighted by molar-refractivity contribution is 5.77. The molecule has 1 atom stereocenters. The van der Waals surface area contributed by atoms with Crippen LogP contribution in [0.4, 0.5) is 0 Å². The minimum atomic E-state index is -0.988. The Morgan fingerprint density at radius 1 is 1.22 bits per heavy atom. The third-order valence-electron chi connectivity index (χ3n) is 5.52. The Hall–Kier alpha value is -1.96. The monoisotopic (exact) mass is 372 g/mol. The molecular formula is C20H28N4O3. The van der Waals surface area contributed by atoms with Gasteiger partial charge in [0.25, 0.3) is 0 Å².